The molecular weight excluding hydrogens is 151 g/mol. The van der Waals surface area contributed by atoms with Gasteiger partial charge in [0, 0.05) is 0 Å². The fourth-order valence-corrected chi connectivity index (χ4v) is 1.11. The summed E-state index contributed by atoms with van der Waals surface area (Å²) in [6.45, 7) is 0. The molecule has 1 unspecified atom stereocenters. The van der Waals surface area contributed by atoms with Crippen molar-refractivity contribution in [3.63, 3.8) is 0 Å². The summed E-state index contributed by atoms with van der Waals surface area (Å²) in [5.74, 6) is -0.133. The van der Waals surface area contributed by atoms with Crippen molar-refractivity contribution in [1.29, 1.82) is 0 Å². The normalized spacial score (nSPS) is 11.1. The molecule has 4 heteroatoms. The van der Waals surface area contributed by atoms with Gasteiger partial charge in [0.25, 0.3) is 5.30 Å². The lowest BCUT2D eigenvalue weighted by Gasteiger charge is -1.86. The monoisotopic (exact) mass is 157 g/mol. The molecule has 0 heterocycles. The first-order valence-corrected chi connectivity index (χ1v) is 3.87. The van der Waals surface area contributed by atoms with Crippen molar-refractivity contribution in [3.05, 3.63) is 24.3 Å². The van der Waals surface area contributed by atoms with E-state index in [0.717, 1.165) is 0 Å². The van der Waals surface area contributed by atoms with E-state index in [0.29, 0.717) is 0 Å². The van der Waals surface area contributed by atoms with E-state index in [2.05, 4.69) is 0 Å². The first-order chi connectivity index (χ1) is 4.72. The maximum atomic E-state index is 10.4. The third kappa shape index (κ3) is 1.32. The van der Waals surface area contributed by atoms with Crippen LogP contribution >= 0.6 is 8.03 Å². The molecule has 2 N–H and O–H groups in total. The number of hydrogen-bond donors (Lipinski definition) is 2. The van der Waals surface area contributed by atoms with Crippen molar-refractivity contribution in [2.75, 3.05) is 0 Å². The van der Waals surface area contributed by atoms with Crippen LogP contribution in [-0.2, 0) is 4.57 Å². The molecule has 0 spiro atoms. The third-order valence-electron chi connectivity index (χ3n) is 1.09. The van der Waals surface area contributed by atoms with Gasteiger partial charge < -0.3 is 5.11 Å². The van der Waals surface area contributed by atoms with Gasteiger partial charge in [-0.25, -0.2) is 0 Å². The van der Waals surface area contributed by atoms with Crippen molar-refractivity contribution in [1.82, 2.24) is 0 Å². The molecule has 1 atom stereocenters. The van der Waals surface area contributed by atoms with Gasteiger partial charge in [-0.05, 0) is 16.7 Å². The summed E-state index contributed by atoms with van der Waals surface area (Å²) in [6, 6.07) is 5.98. The van der Waals surface area contributed by atoms with E-state index in [1.807, 2.05) is 0 Å². The summed E-state index contributed by atoms with van der Waals surface area (Å²) in [5.41, 5.74) is 0. The highest BCUT2D eigenvalue weighted by molar-refractivity contribution is 7.47. The van der Waals surface area contributed by atoms with Crippen LogP contribution in [0.2, 0.25) is 0 Å². The fourth-order valence-electron chi connectivity index (χ4n) is 0.626. The van der Waals surface area contributed by atoms with Crippen LogP contribution in [0.4, 0.5) is 0 Å². The SMILES string of the molecule is O=[P+](O)c1ccccc1O. The molecule has 10 heavy (non-hydrogen) atoms. The molecule has 0 aliphatic heterocycles. The molecule has 0 aliphatic rings. The lowest BCUT2D eigenvalue weighted by atomic mass is 10.3. The van der Waals surface area contributed by atoms with E-state index < -0.39 is 8.03 Å². The minimum Gasteiger partial charge on any atom is -0.504 e. The first kappa shape index (κ1) is 7.19. The van der Waals surface area contributed by atoms with Crippen molar-refractivity contribution in [3.8, 4) is 5.75 Å². The number of benzene rings is 1. The Labute approximate surface area is 58.8 Å². The zero-order valence-corrected chi connectivity index (χ0v) is 5.95. The van der Waals surface area contributed by atoms with Crippen LogP contribution in [0.15, 0.2) is 24.3 Å². The van der Waals surface area contributed by atoms with Gasteiger partial charge >= 0.3 is 8.03 Å². The highest BCUT2D eigenvalue weighted by Crippen LogP contribution is 2.19. The van der Waals surface area contributed by atoms with Crippen molar-refractivity contribution in [2.45, 2.75) is 0 Å². The number of aromatic hydroxyl groups is 1. The largest absolute Gasteiger partial charge is 0.550 e. The molecule has 3 nitrogen and oxygen atoms in total. The Bertz CT molecular complexity index is 259. The Balaban J connectivity index is 3.15. The van der Waals surface area contributed by atoms with Gasteiger partial charge in [-0.15, -0.1) is 0 Å². The Kier molecular flexibility index (Phi) is 2.00. The van der Waals surface area contributed by atoms with E-state index in [4.69, 9.17) is 10.00 Å². The van der Waals surface area contributed by atoms with Gasteiger partial charge in [-0.1, -0.05) is 12.1 Å². The number of rotatable bonds is 1. The van der Waals surface area contributed by atoms with E-state index in [1.54, 1.807) is 12.1 Å². The molecule has 0 aromatic heterocycles. The lowest BCUT2D eigenvalue weighted by Crippen LogP contribution is -1.94. The summed E-state index contributed by atoms with van der Waals surface area (Å²) in [6.07, 6.45) is 0. The van der Waals surface area contributed by atoms with Gasteiger partial charge in [0.2, 0.25) is 0 Å². The second-order valence-corrected chi connectivity index (χ2v) is 2.79. The molecule has 0 fully saturated rings. The van der Waals surface area contributed by atoms with Crippen LogP contribution in [-0.4, -0.2) is 10.00 Å². The molecule has 52 valence electrons. The van der Waals surface area contributed by atoms with Crippen molar-refractivity contribution in [2.24, 2.45) is 0 Å². The van der Waals surface area contributed by atoms with E-state index in [9.17, 15) is 4.57 Å². The van der Waals surface area contributed by atoms with Gasteiger partial charge in [0.15, 0.2) is 5.75 Å². The van der Waals surface area contributed by atoms with Gasteiger partial charge in [0.1, 0.15) is 0 Å². The molecule has 1 aromatic rings. The van der Waals surface area contributed by atoms with E-state index in [-0.39, 0.29) is 11.1 Å². The van der Waals surface area contributed by atoms with E-state index >= 15 is 0 Å². The molecule has 0 saturated carbocycles. The average Bonchev–Trinajstić information content (AvgIpc) is 1.88. The third-order valence-corrected chi connectivity index (χ3v) is 1.88. The second kappa shape index (κ2) is 2.78. The summed E-state index contributed by atoms with van der Waals surface area (Å²) in [4.78, 5) is 8.55. The fraction of sp³-hybridized carbons (Fsp3) is 0. The molecular formula is C6H6O3P+. The first-order valence-electron chi connectivity index (χ1n) is 2.66. The maximum absolute atomic E-state index is 10.4. The summed E-state index contributed by atoms with van der Waals surface area (Å²) >= 11 is 0. The standard InChI is InChI=1S/C6H5O3P/c7-5-3-1-2-4-6(5)10(8)9/h1-4H,(H-,7,8,9)/p+1. The Morgan fingerprint density at radius 3 is 2.30 bits per heavy atom. The highest BCUT2D eigenvalue weighted by Gasteiger charge is 2.19. The van der Waals surface area contributed by atoms with Crippen LogP contribution in [0.25, 0.3) is 0 Å². The lowest BCUT2D eigenvalue weighted by molar-refractivity contribution is 0.475. The molecule has 1 aromatic carbocycles. The van der Waals surface area contributed by atoms with Crippen LogP contribution in [0.1, 0.15) is 0 Å². The van der Waals surface area contributed by atoms with Crippen molar-refractivity contribution >= 4 is 13.3 Å². The average molecular weight is 157 g/mol. The Hall–Kier alpha value is -0.920. The van der Waals surface area contributed by atoms with Gasteiger partial charge in [-0.2, -0.15) is 4.89 Å². The number of phenols is 1. The zero-order valence-electron chi connectivity index (χ0n) is 5.06. The summed E-state index contributed by atoms with van der Waals surface area (Å²) in [7, 11) is -2.42. The van der Waals surface area contributed by atoms with Crippen LogP contribution in [0, 0.1) is 0 Å². The number of para-hydroxylation sites is 1. The van der Waals surface area contributed by atoms with Crippen LogP contribution in [0.5, 0.6) is 5.75 Å². The molecule has 1 rings (SSSR count). The summed E-state index contributed by atoms with van der Waals surface area (Å²) < 4.78 is 10.4. The van der Waals surface area contributed by atoms with Gasteiger partial charge in [0.05, 0.1) is 0 Å². The zero-order chi connectivity index (χ0) is 7.56. The predicted molar refractivity (Wildman–Crippen MR) is 37.6 cm³/mol. The maximum Gasteiger partial charge on any atom is 0.550 e. The molecule has 0 saturated heterocycles. The molecule has 0 aliphatic carbocycles. The molecule has 0 amide bonds. The number of hydrogen-bond acceptors (Lipinski definition) is 2. The van der Waals surface area contributed by atoms with Crippen molar-refractivity contribution < 1.29 is 14.6 Å². The predicted octanol–water partition coefficient (Wildman–Crippen LogP) is 0.752. The minimum absolute atomic E-state index is 0.0810. The van der Waals surface area contributed by atoms with E-state index in [1.165, 1.54) is 12.1 Å². The molecule has 0 bridgehead atoms. The Morgan fingerprint density at radius 2 is 1.90 bits per heavy atom. The number of phenolic OH excluding ortho intramolecular Hbond substituents is 1. The molecule has 0 radical (unpaired) electrons. The highest BCUT2D eigenvalue weighted by atomic mass is 31.1. The van der Waals surface area contributed by atoms with Crippen LogP contribution in [0.3, 0.4) is 0 Å². The second-order valence-electron chi connectivity index (χ2n) is 1.76. The minimum atomic E-state index is -2.42. The smallest absolute Gasteiger partial charge is 0.504 e. The Morgan fingerprint density at radius 1 is 1.30 bits per heavy atom. The van der Waals surface area contributed by atoms with Gasteiger partial charge in [-0.3, -0.25) is 0 Å². The quantitative estimate of drug-likeness (QED) is 0.591. The summed E-state index contributed by atoms with van der Waals surface area (Å²) in [5, 5.41) is 9.02. The van der Waals surface area contributed by atoms with Crippen LogP contribution < -0.4 is 5.30 Å². The topological polar surface area (TPSA) is 57.5 Å².